The van der Waals surface area contributed by atoms with Crippen molar-refractivity contribution in [2.75, 3.05) is 44.3 Å². The molecule has 0 N–H and O–H groups in total. The van der Waals surface area contributed by atoms with Gasteiger partial charge in [0.1, 0.15) is 5.82 Å². The lowest BCUT2D eigenvalue weighted by Gasteiger charge is -2.27. The van der Waals surface area contributed by atoms with Gasteiger partial charge in [-0.05, 0) is 38.5 Å². The fourth-order valence-corrected chi connectivity index (χ4v) is 4.67. The molecular weight excluding hydrogens is 364 g/mol. The molecule has 0 unspecified atom stereocenters. The van der Waals surface area contributed by atoms with Crippen LogP contribution in [0.15, 0.2) is 0 Å². The minimum absolute atomic E-state index is 0.466. The monoisotopic (exact) mass is 404 g/mol. The van der Waals surface area contributed by atoms with Gasteiger partial charge in [-0.3, -0.25) is 4.90 Å². The molecule has 3 heterocycles. The lowest BCUT2D eigenvalue weighted by molar-refractivity contribution is 0.0287. The third kappa shape index (κ3) is 5.60. The first-order valence-corrected chi connectivity index (χ1v) is 11.8. The van der Waals surface area contributed by atoms with Gasteiger partial charge in [-0.2, -0.15) is 9.97 Å². The van der Waals surface area contributed by atoms with E-state index in [1.807, 2.05) is 0 Å². The summed E-state index contributed by atoms with van der Waals surface area (Å²) >= 11 is 0. The lowest BCUT2D eigenvalue weighted by Crippen LogP contribution is -2.38. The molecule has 2 fully saturated rings. The molecule has 3 rings (SSSR count). The molecule has 0 saturated carbocycles. The van der Waals surface area contributed by atoms with Gasteiger partial charge in [-0.25, -0.2) is 0 Å². The molecule has 164 valence electrons. The number of likely N-dealkylation sites (tertiary alicyclic amines) is 1. The van der Waals surface area contributed by atoms with Crippen LogP contribution in [0.4, 0.5) is 5.82 Å². The first kappa shape index (κ1) is 22.3. The Balaban J connectivity index is 1.66. The minimum atomic E-state index is 0.466. The molecule has 0 aromatic carbocycles. The Bertz CT molecular complexity index is 634. The third-order valence-corrected chi connectivity index (χ3v) is 6.01. The second-order valence-electron chi connectivity index (χ2n) is 8.39. The Hall–Kier alpha value is -1.40. The van der Waals surface area contributed by atoms with Gasteiger partial charge in [0.25, 0.3) is 0 Å². The van der Waals surface area contributed by atoms with E-state index in [1.54, 1.807) is 0 Å². The third-order valence-electron chi connectivity index (χ3n) is 6.01. The van der Waals surface area contributed by atoms with E-state index in [-0.39, 0.29) is 0 Å². The summed E-state index contributed by atoms with van der Waals surface area (Å²) in [6, 6.07) is 1.18. The Morgan fingerprint density at radius 2 is 1.90 bits per heavy atom. The molecule has 2 aliphatic heterocycles. The van der Waals surface area contributed by atoms with Gasteiger partial charge in [0.2, 0.25) is 0 Å². The van der Waals surface area contributed by atoms with Crippen LogP contribution < -0.4 is 9.64 Å². The van der Waals surface area contributed by atoms with Gasteiger partial charge in [0.05, 0.1) is 25.0 Å². The average Bonchev–Trinajstić information content (AvgIpc) is 3.35. The molecule has 29 heavy (non-hydrogen) atoms. The van der Waals surface area contributed by atoms with Gasteiger partial charge in [-0.15, -0.1) is 0 Å². The molecule has 0 radical (unpaired) electrons. The number of aryl methyl sites for hydroxylation is 1. The van der Waals surface area contributed by atoms with E-state index in [0.717, 1.165) is 82.8 Å². The first-order chi connectivity index (χ1) is 14.2. The Kier molecular flexibility index (Phi) is 8.54. The predicted octanol–water partition coefficient (Wildman–Crippen LogP) is 3.86. The number of ether oxygens (including phenoxy) is 2. The molecule has 0 spiro atoms. The molecule has 1 aromatic rings. The van der Waals surface area contributed by atoms with Gasteiger partial charge < -0.3 is 14.4 Å². The number of fused-ring (bicyclic) bond motifs is 2. The number of nitrogens with zero attached hydrogens (tertiary/aromatic N) is 4. The van der Waals surface area contributed by atoms with Crippen molar-refractivity contribution < 1.29 is 9.47 Å². The number of anilines is 1. The highest BCUT2D eigenvalue weighted by molar-refractivity contribution is 5.50. The van der Waals surface area contributed by atoms with Crippen molar-refractivity contribution in [1.29, 1.82) is 0 Å². The summed E-state index contributed by atoms with van der Waals surface area (Å²) in [5.41, 5.74) is 2.47. The van der Waals surface area contributed by atoms with Crippen LogP contribution in [0, 0.1) is 0 Å². The molecule has 1 aromatic heterocycles. The molecule has 0 aliphatic carbocycles. The largest absolute Gasteiger partial charge is 0.463 e. The van der Waals surface area contributed by atoms with Crippen molar-refractivity contribution in [3.63, 3.8) is 0 Å². The summed E-state index contributed by atoms with van der Waals surface area (Å²) in [7, 11) is 0. The highest BCUT2D eigenvalue weighted by atomic mass is 16.5. The summed E-state index contributed by atoms with van der Waals surface area (Å²) in [5, 5.41) is 0. The van der Waals surface area contributed by atoms with Crippen molar-refractivity contribution in [2.45, 2.75) is 84.8 Å². The zero-order chi connectivity index (χ0) is 20.6. The number of rotatable bonds is 13. The number of hydrogen-bond acceptors (Lipinski definition) is 6. The Morgan fingerprint density at radius 1 is 1.10 bits per heavy atom. The number of aromatic nitrogens is 2. The molecule has 6 heteroatoms. The van der Waals surface area contributed by atoms with Crippen LogP contribution >= 0.6 is 0 Å². The van der Waals surface area contributed by atoms with Gasteiger partial charge in [-0.1, -0.05) is 34.1 Å². The lowest BCUT2D eigenvalue weighted by atomic mass is 10.1. The Morgan fingerprint density at radius 3 is 2.48 bits per heavy atom. The van der Waals surface area contributed by atoms with E-state index in [4.69, 9.17) is 19.4 Å². The van der Waals surface area contributed by atoms with Crippen molar-refractivity contribution in [2.24, 2.45) is 0 Å². The maximum atomic E-state index is 6.06. The molecule has 6 nitrogen and oxygen atoms in total. The van der Waals surface area contributed by atoms with Crippen molar-refractivity contribution >= 4 is 5.82 Å². The van der Waals surface area contributed by atoms with E-state index in [0.29, 0.717) is 24.8 Å². The fraction of sp³-hybridized carbons (Fsp3) is 0.826. The van der Waals surface area contributed by atoms with Crippen LogP contribution in [-0.2, 0) is 17.6 Å². The van der Waals surface area contributed by atoms with Crippen LogP contribution in [0.2, 0.25) is 0 Å². The number of hydrogen-bond donors (Lipinski definition) is 0. The quantitative estimate of drug-likeness (QED) is 0.465. The standard InChI is InChI=1S/C23H40N4O2/c1-5-10-20-21(8-4)24-23(25-22(20)26(11-6-2)12-7-3)28-14-9-13-27-16-19-15-18(27)17-29-19/h18-19H,5-17H2,1-4H3/t18-,19-/m0/s1. The summed E-state index contributed by atoms with van der Waals surface area (Å²) in [6.07, 6.45) is 7.98. The maximum Gasteiger partial charge on any atom is 0.318 e. The highest BCUT2D eigenvalue weighted by Gasteiger charge is 2.38. The normalized spacial score (nSPS) is 21.1. The molecule has 2 saturated heterocycles. The van der Waals surface area contributed by atoms with E-state index < -0.39 is 0 Å². The van der Waals surface area contributed by atoms with Crippen molar-refractivity contribution in [1.82, 2.24) is 14.9 Å². The molecule has 0 amide bonds. The van der Waals surface area contributed by atoms with E-state index in [9.17, 15) is 0 Å². The molecule has 2 atom stereocenters. The van der Waals surface area contributed by atoms with E-state index >= 15 is 0 Å². The zero-order valence-electron chi connectivity index (χ0n) is 19.0. The second-order valence-corrected chi connectivity index (χ2v) is 8.39. The fourth-order valence-electron chi connectivity index (χ4n) is 4.67. The van der Waals surface area contributed by atoms with Crippen LogP contribution in [0.5, 0.6) is 6.01 Å². The SMILES string of the molecule is CCCc1c(CC)nc(OCCCN2C[C@@H]3C[C@H]2CO3)nc1N(CCC)CCC. The summed E-state index contributed by atoms with van der Waals surface area (Å²) in [6.45, 7) is 14.7. The smallest absolute Gasteiger partial charge is 0.318 e. The number of morpholine rings is 1. The zero-order valence-corrected chi connectivity index (χ0v) is 19.0. The second kappa shape index (κ2) is 11.1. The van der Waals surface area contributed by atoms with E-state index in [1.165, 1.54) is 12.0 Å². The Labute approximate surface area is 177 Å². The van der Waals surface area contributed by atoms with Crippen LogP contribution in [0.25, 0.3) is 0 Å². The molecular formula is C23H40N4O2. The molecule has 2 bridgehead atoms. The minimum Gasteiger partial charge on any atom is -0.463 e. The summed E-state index contributed by atoms with van der Waals surface area (Å²) in [5.74, 6) is 1.10. The maximum absolute atomic E-state index is 6.06. The van der Waals surface area contributed by atoms with Crippen LogP contribution in [0.1, 0.15) is 71.1 Å². The van der Waals surface area contributed by atoms with Crippen LogP contribution in [-0.4, -0.2) is 66.4 Å². The average molecular weight is 405 g/mol. The summed E-state index contributed by atoms with van der Waals surface area (Å²) < 4.78 is 11.8. The first-order valence-electron chi connectivity index (χ1n) is 11.8. The van der Waals surface area contributed by atoms with Crippen molar-refractivity contribution in [3.8, 4) is 6.01 Å². The van der Waals surface area contributed by atoms with Gasteiger partial charge in [0, 0.05) is 37.8 Å². The predicted molar refractivity (Wildman–Crippen MR) is 118 cm³/mol. The highest BCUT2D eigenvalue weighted by Crippen LogP contribution is 2.28. The topological polar surface area (TPSA) is 50.7 Å². The van der Waals surface area contributed by atoms with Gasteiger partial charge in [0.15, 0.2) is 0 Å². The molecule has 2 aliphatic rings. The van der Waals surface area contributed by atoms with Crippen molar-refractivity contribution in [3.05, 3.63) is 11.3 Å². The van der Waals surface area contributed by atoms with Crippen LogP contribution in [0.3, 0.4) is 0 Å². The summed E-state index contributed by atoms with van der Waals surface area (Å²) in [4.78, 5) is 14.7. The van der Waals surface area contributed by atoms with Gasteiger partial charge >= 0.3 is 6.01 Å². The van der Waals surface area contributed by atoms with E-state index in [2.05, 4.69) is 37.5 Å².